The standard InChI is InChI=1S/C20H28N2O/c1-13(18-12-15-7-8-17(18)11-15)21-14(2)20(23)22-10-9-16-5-3-4-6-19(16)22/h3-6,13-15,17-18,21H,7-12H2,1-2H3/t13-,14-,15-,17-,18+/m0/s1. The maximum atomic E-state index is 12.9. The number of hydrogen-bond donors (Lipinski definition) is 1. The zero-order chi connectivity index (χ0) is 16.0. The van der Waals surface area contributed by atoms with E-state index in [0.29, 0.717) is 6.04 Å². The van der Waals surface area contributed by atoms with Gasteiger partial charge in [-0.15, -0.1) is 0 Å². The van der Waals surface area contributed by atoms with Gasteiger partial charge in [0.15, 0.2) is 0 Å². The van der Waals surface area contributed by atoms with Gasteiger partial charge < -0.3 is 10.2 Å². The predicted molar refractivity (Wildman–Crippen MR) is 93.5 cm³/mol. The molecule has 1 N–H and O–H groups in total. The van der Waals surface area contributed by atoms with E-state index in [0.717, 1.165) is 36.4 Å². The van der Waals surface area contributed by atoms with Crippen molar-refractivity contribution in [2.45, 2.75) is 58.0 Å². The van der Waals surface area contributed by atoms with Crippen molar-refractivity contribution in [3.63, 3.8) is 0 Å². The van der Waals surface area contributed by atoms with E-state index >= 15 is 0 Å². The smallest absolute Gasteiger partial charge is 0.243 e. The summed E-state index contributed by atoms with van der Waals surface area (Å²) in [6.07, 6.45) is 6.62. The van der Waals surface area contributed by atoms with Crippen molar-refractivity contribution in [2.75, 3.05) is 11.4 Å². The van der Waals surface area contributed by atoms with Crippen LogP contribution in [0.5, 0.6) is 0 Å². The van der Waals surface area contributed by atoms with Crippen LogP contribution in [0.1, 0.15) is 45.1 Å². The normalized spacial score (nSPS) is 31.2. The van der Waals surface area contributed by atoms with E-state index in [4.69, 9.17) is 0 Å². The molecule has 1 aliphatic heterocycles. The summed E-state index contributed by atoms with van der Waals surface area (Å²) < 4.78 is 0. The summed E-state index contributed by atoms with van der Waals surface area (Å²) in [6.45, 7) is 5.15. The molecule has 124 valence electrons. The van der Waals surface area contributed by atoms with Crippen LogP contribution in [-0.4, -0.2) is 24.5 Å². The zero-order valence-electron chi connectivity index (χ0n) is 14.3. The van der Waals surface area contributed by atoms with Crippen molar-refractivity contribution < 1.29 is 4.79 Å². The average Bonchev–Trinajstić information content (AvgIpc) is 3.28. The van der Waals surface area contributed by atoms with Crippen LogP contribution in [0.3, 0.4) is 0 Å². The van der Waals surface area contributed by atoms with Crippen LogP contribution in [0.15, 0.2) is 24.3 Å². The number of nitrogens with one attached hydrogen (secondary N) is 1. The Bertz CT molecular complexity index is 599. The molecule has 0 spiro atoms. The molecule has 1 aromatic rings. The van der Waals surface area contributed by atoms with Crippen LogP contribution in [0.4, 0.5) is 5.69 Å². The van der Waals surface area contributed by atoms with Crippen molar-refractivity contribution >= 4 is 11.6 Å². The topological polar surface area (TPSA) is 32.3 Å². The molecule has 2 aliphatic carbocycles. The highest BCUT2D eigenvalue weighted by molar-refractivity contribution is 5.98. The highest BCUT2D eigenvalue weighted by Gasteiger charge is 2.42. The van der Waals surface area contributed by atoms with E-state index in [-0.39, 0.29) is 11.9 Å². The van der Waals surface area contributed by atoms with Crippen molar-refractivity contribution in [1.29, 1.82) is 0 Å². The number of hydrogen-bond acceptors (Lipinski definition) is 2. The Morgan fingerprint density at radius 2 is 2.04 bits per heavy atom. The molecule has 1 aromatic carbocycles. The molecular weight excluding hydrogens is 284 g/mol. The van der Waals surface area contributed by atoms with Gasteiger partial charge in [-0.2, -0.15) is 0 Å². The van der Waals surface area contributed by atoms with Gasteiger partial charge in [-0.05, 0) is 68.9 Å². The van der Waals surface area contributed by atoms with E-state index in [1.54, 1.807) is 0 Å². The first-order chi connectivity index (χ1) is 11.1. The second kappa shape index (κ2) is 5.94. The predicted octanol–water partition coefficient (Wildman–Crippen LogP) is 3.38. The van der Waals surface area contributed by atoms with Crippen LogP contribution in [0, 0.1) is 17.8 Å². The first-order valence-corrected chi connectivity index (χ1v) is 9.29. The third-order valence-electron chi connectivity index (χ3n) is 6.47. The molecule has 2 fully saturated rings. The first-order valence-electron chi connectivity index (χ1n) is 9.29. The molecule has 3 aliphatic rings. The average molecular weight is 312 g/mol. The minimum Gasteiger partial charge on any atom is -0.310 e. The molecule has 3 heteroatoms. The maximum Gasteiger partial charge on any atom is 0.243 e. The highest BCUT2D eigenvalue weighted by atomic mass is 16.2. The Morgan fingerprint density at radius 3 is 2.78 bits per heavy atom. The maximum absolute atomic E-state index is 12.9. The van der Waals surface area contributed by atoms with E-state index in [1.807, 2.05) is 17.9 Å². The van der Waals surface area contributed by atoms with E-state index < -0.39 is 0 Å². The molecule has 0 saturated heterocycles. The van der Waals surface area contributed by atoms with Crippen LogP contribution >= 0.6 is 0 Å². The molecule has 5 atom stereocenters. The molecule has 1 amide bonds. The lowest BCUT2D eigenvalue weighted by Crippen LogP contribution is -2.49. The molecule has 0 radical (unpaired) electrons. The lowest BCUT2D eigenvalue weighted by molar-refractivity contribution is -0.120. The fourth-order valence-corrected chi connectivity index (χ4v) is 5.30. The van der Waals surface area contributed by atoms with Crippen LogP contribution < -0.4 is 10.2 Å². The quantitative estimate of drug-likeness (QED) is 0.924. The molecule has 3 nitrogen and oxygen atoms in total. The summed E-state index contributed by atoms with van der Waals surface area (Å²) in [5, 5.41) is 3.62. The number of para-hydroxylation sites is 1. The van der Waals surface area contributed by atoms with Crippen LogP contribution in [-0.2, 0) is 11.2 Å². The van der Waals surface area contributed by atoms with Gasteiger partial charge in [0.1, 0.15) is 0 Å². The Labute approximate surface area is 139 Å². The lowest BCUT2D eigenvalue weighted by atomic mass is 9.83. The number of rotatable bonds is 4. The highest BCUT2D eigenvalue weighted by Crippen LogP contribution is 2.49. The van der Waals surface area contributed by atoms with Crippen molar-refractivity contribution in [3.05, 3.63) is 29.8 Å². The fraction of sp³-hybridized carbons (Fsp3) is 0.650. The number of anilines is 1. The third-order valence-corrected chi connectivity index (χ3v) is 6.47. The molecule has 2 bridgehead atoms. The van der Waals surface area contributed by atoms with E-state index in [9.17, 15) is 4.79 Å². The molecule has 4 rings (SSSR count). The van der Waals surface area contributed by atoms with Gasteiger partial charge in [-0.25, -0.2) is 0 Å². The minimum absolute atomic E-state index is 0.102. The summed E-state index contributed by atoms with van der Waals surface area (Å²) in [7, 11) is 0. The Kier molecular flexibility index (Phi) is 3.92. The Hall–Kier alpha value is -1.35. The lowest BCUT2D eigenvalue weighted by Gasteiger charge is -2.32. The molecule has 1 heterocycles. The molecular formula is C20H28N2O. The van der Waals surface area contributed by atoms with E-state index in [2.05, 4.69) is 30.4 Å². The van der Waals surface area contributed by atoms with Gasteiger partial charge in [-0.3, -0.25) is 4.79 Å². The SMILES string of the molecule is C[C@H](N[C@@H](C)[C@H]1C[C@H]2CC[C@H]1C2)C(=O)N1CCc2ccccc21. The summed E-state index contributed by atoms with van der Waals surface area (Å²) in [5.41, 5.74) is 2.41. The van der Waals surface area contributed by atoms with Crippen molar-refractivity contribution in [3.8, 4) is 0 Å². The van der Waals surface area contributed by atoms with Gasteiger partial charge in [0.2, 0.25) is 5.91 Å². The fourth-order valence-electron chi connectivity index (χ4n) is 5.30. The molecule has 0 aromatic heterocycles. The molecule has 2 saturated carbocycles. The monoisotopic (exact) mass is 312 g/mol. The van der Waals surface area contributed by atoms with Gasteiger partial charge in [0, 0.05) is 18.3 Å². The summed E-state index contributed by atoms with van der Waals surface area (Å²) in [5.74, 6) is 2.86. The van der Waals surface area contributed by atoms with E-state index in [1.165, 1.54) is 31.2 Å². The van der Waals surface area contributed by atoms with Crippen molar-refractivity contribution in [2.24, 2.45) is 17.8 Å². The number of amides is 1. The second-order valence-electron chi connectivity index (χ2n) is 7.88. The number of fused-ring (bicyclic) bond motifs is 3. The third kappa shape index (κ3) is 2.69. The zero-order valence-corrected chi connectivity index (χ0v) is 14.3. The number of carbonyl (C=O) groups is 1. The summed E-state index contributed by atoms with van der Waals surface area (Å²) >= 11 is 0. The van der Waals surface area contributed by atoms with Crippen LogP contribution in [0.2, 0.25) is 0 Å². The van der Waals surface area contributed by atoms with Gasteiger partial charge >= 0.3 is 0 Å². The van der Waals surface area contributed by atoms with Crippen molar-refractivity contribution in [1.82, 2.24) is 5.32 Å². The van der Waals surface area contributed by atoms with Gasteiger partial charge in [0.25, 0.3) is 0 Å². The number of nitrogens with zero attached hydrogens (tertiary/aromatic N) is 1. The molecule has 23 heavy (non-hydrogen) atoms. The summed E-state index contributed by atoms with van der Waals surface area (Å²) in [6, 6.07) is 8.65. The van der Waals surface area contributed by atoms with Gasteiger partial charge in [0.05, 0.1) is 6.04 Å². The van der Waals surface area contributed by atoms with Gasteiger partial charge in [-0.1, -0.05) is 24.6 Å². The Balaban J connectivity index is 1.39. The number of benzene rings is 1. The number of carbonyl (C=O) groups excluding carboxylic acids is 1. The summed E-state index contributed by atoms with van der Waals surface area (Å²) in [4.78, 5) is 14.9. The molecule has 0 unspecified atom stereocenters. The van der Waals surface area contributed by atoms with Crippen LogP contribution in [0.25, 0.3) is 0 Å². The first kappa shape index (κ1) is 15.2. The minimum atomic E-state index is -0.102. The second-order valence-corrected chi connectivity index (χ2v) is 7.88. The largest absolute Gasteiger partial charge is 0.310 e. The Morgan fingerprint density at radius 1 is 1.22 bits per heavy atom.